The summed E-state index contributed by atoms with van der Waals surface area (Å²) in [7, 11) is 1.48. The molecule has 1 fully saturated rings. The fraction of sp³-hybridized carbons (Fsp3) is 0.200. The number of nitrogens with one attached hydrogen (secondary N) is 2. The predicted octanol–water partition coefficient (Wildman–Crippen LogP) is 3.30. The second-order valence-electron chi connectivity index (χ2n) is 9.63. The summed E-state index contributed by atoms with van der Waals surface area (Å²) in [6.45, 7) is 0.364. The van der Waals surface area contributed by atoms with Gasteiger partial charge >= 0.3 is 0 Å². The number of aromatic nitrogens is 1. The lowest BCUT2D eigenvalue weighted by molar-refractivity contribution is 0.0749. The maximum absolute atomic E-state index is 13.1. The molecule has 3 N–H and O–H groups in total. The van der Waals surface area contributed by atoms with Crippen LogP contribution in [0, 0.1) is 0 Å². The van der Waals surface area contributed by atoms with Crippen molar-refractivity contribution >= 4 is 45.5 Å². The molecule has 0 aliphatic carbocycles. The van der Waals surface area contributed by atoms with E-state index >= 15 is 0 Å². The molecule has 4 aromatic rings. The first kappa shape index (κ1) is 25.3. The molecule has 1 saturated heterocycles. The number of pyridine rings is 1. The van der Waals surface area contributed by atoms with E-state index in [-0.39, 0.29) is 36.4 Å². The summed E-state index contributed by atoms with van der Waals surface area (Å²) in [5.74, 6) is 0.158. The Morgan fingerprint density at radius 3 is 2.83 bits per heavy atom. The van der Waals surface area contributed by atoms with Crippen LogP contribution in [0.25, 0.3) is 21.8 Å². The number of aliphatic hydroxyl groups excluding tert-OH is 1. The summed E-state index contributed by atoms with van der Waals surface area (Å²) in [6, 6.07) is 15.2. The Kier molecular flexibility index (Phi) is 6.53. The number of rotatable bonds is 6. The molecule has 0 radical (unpaired) electrons. The minimum atomic E-state index is -0.568. The lowest BCUT2D eigenvalue weighted by Crippen LogP contribution is -2.35. The van der Waals surface area contributed by atoms with Crippen LogP contribution in [0.2, 0.25) is 0 Å². The quantitative estimate of drug-likeness (QED) is 0.323. The van der Waals surface area contributed by atoms with E-state index in [1.165, 1.54) is 13.3 Å². The van der Waals surface area contributed by atoms with Crippen LogP contribution in [0.4, 0.5) is 5.69 Å². The van der Waals surface area contributed by atoms with Crippen molar-refractivity contribution < 1.29 is 24.2 Å². The first-order valence-corrected chi connectivity index (χ1v) is 12.8. The van der Waals surface area contributed by atoms with Gasteiger partial charge in [0.05, 0.1) is 41.6 Å². The van der Waals surface area contributed by atoms with Crippen molar-refractivity contribution in [1.82, 2.24) is 15.2 Å². The first-order valence-electron chi connectivity index (χ1n) is 12.8. The number of benzene rings is 3. The van der Waals surface area contributed by atoms with Gasteiger partial charge in [0.2, 0.25) is 0 Å². The van der Waals surface area contributed by atoms with E-state index in [1.54, 1.807) is 65.7 Å². The van der Waals surface area contributed by atoms with Gasteiger partial charge in [-0.15, -0.1) is 0 Å². The number of hydrogen-bond donors (Lipinski definition) is 3. The summed E-state index contributed by atoms with van der Waals surface area (Å²) >= 11 is 0. The second kappa shape index (κ2) is 10.3. The Morgan fingerprint density at radius 2 is 1.98 bits per heavy atom. The van der Waals surface area contributed by atoms with Crippen molar-refractivity contribution in [3.8, 4) is 11.5 Å². The Morgan fingerprint density at radius 1 is 1.15 bits per heavy atom. The van der Waals surface area contributed by atoms with Crippen molar-refractivity contribution in [3.63, 3.8) is 0 Å². The van der Waals surface area contributed by atoms with Gasteiger partial charge in [0.15, 0.2) is 16.9 Å². The molecule has 10 heteroatoms. The summed E-state index contributed by atoms with van der Waals surface area (Å²) in [5.41, 5.74) is 2.16. The van der Waals surface area contributed by atoms with Crippen LogP contribution in [0.15, 0.2) is 76.7 Å². The maximum Gasteiger partial charge on any atom is 0.257 e. The molecule has 0 bridgehead atoms. The first-order chi connectivity index (χ1) is 19.4. The summed E-state index contributed by atoms with van der Waals surface area (Å²) in [6.07, 6.45) is 4.65. The second-order valence-corrected chi connectivity index (χ2v) is 9.63. The highest BCUT2D eigenvalue weighted by Crippen LogP contribution is 2.38. The Balaban J connectivity index is 1.16. The molecule has 2 aliphatic rings. The minimum Gasteiger partial charge on any atom is -0.493 e. The van der Waals surface area contributed by atoms with Crippen molar-refractivity contribution in [2.24, 2.45) is 4.99 Å². The molecule has 10 nitrogen and oxygen atoms in total. The van der Waals surface area contributed by atoms with E-state index in [2.05, 4.69) is 15.3 Å². The third-order valence-corrected chi connectivity index (χ3v) is 7.13. The van der Waals surface area contributed by atoms with Crippen molar-refractivity contribution in [3.05, 3.63) is 88.2 Å². The fourth-order valence-electron chi connectivity index (χ4n) is 5.17. The number of aliphatic hydroxyl groups is 1. The van der Waals surface area contributed by atoms with E-state index in [0.717, 1.165) is 0 Å². The van der Waals surface area contributed by atoms with Gasteiger partial charge in [0.25, 0.3) is 11.8 Å². The van der Waals surface area contributed by atoms with Crippen molar-refractivity contribution in [2.75, 3.05) is 20.3 Å². The average Bonchev–Trinajstić information content (AvgIpc) is 3.30. The third kappa shape index (κ3) is 4.48. The van der Waals surface area contributed by atoms with E-state index < -0.39 is 6.10 Å². The van der Waals surface area contributed by atoms with Gasteiger partial charge in [-0.1, -0.05) is 18.2 Å². The largest absolute Gasteiger partial charge is 0.493 e. The molecule has 40 heavy (non-hydrogen) atoms. The highest BCUT2D eigenvalue weighted by atomic mass is 16.5. The minimum absolute atomic E-state index is 0.102. The summed E-state index contributed by atoms with van der Waals surface area (Å²) in [4.78, 5) is 48.2. The summed E-state index contributed by atoms with van der Waals surface area (Å²) in [5, 5.41) is 13.7. The van der Waals surface area contributed by atoms with Crippen LogP contribution in [0.5, 0.6) is 11.5 Å². The molecule has 202 valence electrons. The van der Waals surface area contributed by atoms with Gasteiger partial charge in [-0.25, -0.2) is 0 Å². The summed E-state index contributed by atoms with van der Waals surface area (Å²) < 4.78 is 11.3. The van der Waals surface area contributed by atoms with Crippen LogP contribution >= 0.6 is 0 Å². The van der Waals surface area contributed by atoms with E-state index in [4.69, 9.17) is 9.47 Å². The molecular formula is C30H26N4O6. The van der Waals surface area contributed by atoms with Crippen molar-refractivity contribution in [2.45, 2.75) is 18.6 Å². The zero-order chi connectivity index (χ0) is 27.8. The number of nitrogens with zero attached hydrogens (tertiary/aromatic N) is 2. The Hall–Kier alpha value is -4.96. The fourth-order valence-corrected chi connectivity index (χ4v) is 5.17. The number of para-hydroxylation sites is 2. The third-order valence-electron chi connectivity index (χ3n) is 7.13. The molecule has 0 spiro atoms. The van der Waals surface area contributed by atoms with Crippen LogP contribution in [-0.4, -0.2) is 65.4 Å². The topological polar surface area (TPSA) is 133 Å². The highest BCUT2D eigenvalue weighted by Gasteiger charge is 2.36. The number of carbonyl (C=O) groups excluding carboxylic acids is 2. The molecule has 3 heterocycles. The number of fused-ring (bicyclic) bond motifs is 4. The SMILES string of the molecule is COc1cc2c(cc1OC/C=C\NC(=O)c1cccc3c(=O)c4ccccc4[nH]c13)N=C[C@@H]1C[C@@H](O)CN1C2=O. The van der Waals surface area contributed by atoms with Gasteiger partial charge < -0.3 is 29.8 Å². The van der Waals surface area contributed by atoms with Gasteiger partial charge in [0, 0.05) is 47.7 Å². The van der Waals surface area contributed by atoms with Crippen LogP contribution in [0.1, 0.15) is 27.1 Å². The zero-order valence-corrected chi connectivity index (χ0v) is 21.6. The predicted molar refractivity (Wildman–Crippen MR) is 151 cm³/mol. The zero-order valence-electron chi connectivity index (χ0n) is 21.6. The molecule has 2 atom stereocenters. The number of ether oxygens (including phenoxy) is 2. The number of H-pyrrole nitrogens is 1. The van der Waals surface area contributed by atoms with Crippen molar-refractivity contribution in [1.29, 1.82) is 0 Å². The average molecular weight is 539 g/mol. The van der Waals surface area contributed by atoms with Gasteiger partial charge in [-0.05, 0) is 36.4 Å². The van der Waals surface area contributed by atoms with E-state index in [1.807, 2.05) is 6.07 Å². The lowest BCUT2D eigenvalue weighted by Gasteiger charge is -2.20. The number of amides is 2. The molecule has 0 saturated carbocycles. The van der Waals surface area contributed by atoms with Gasteiger partial charge in [0.1, 0.15) is 6.61 Å². The molecular weight excluding hydrogens is 512 g/mol. The molecule has 2 aliphatic heterocycles. The number of carbonyl (C=O) groups is 2. The van der Waals surface area contributed by atoms with Gasteiger partial charge in [-0.2, -0.15) is 0 Å². The standard InChI is InChI=1S/C30H26N4O6/c1-39-25-13-22-24(32-15-17-12-18(35)16-34(17)30(22)38)14-26(25)40-11-5-10-31-29(37)21-8-4-7-20-27(21)33-23-9-3-2-6-19(23)28(20)36/h2-10,13-15,17-18,35H,11-12,16H2,1H3,(H,31,37)(H,33,36)/b10-5-/t17-,18+/m0/s1. The van der Waals surface area contributed by atoms with Crippen LogP contribution in [0.3, 0.4) is 0 Å². The Bertz CT molecular complexity index is 1780. The molecule has 1 aromatic heterocycles. The van der Waals surface area contributed by atoms with Gasteiger partial charge in [-0.3, -0.25) is 19.4 Å². The molecule has 6 rings (SSSR count). The van der Waals surface area contributed by atoms with Crippen LogP contribution < -0.4 is 20.2 Å². The molecule has 3 aromatic carbocycles. The number of methoxy groups -OCH3 is 1. The number of hydrogen-bond acceptors (Lipinski definition) is 7. The smallest absolute Gasteiger partial charge is 0.257 e. The molecule has 2 amide bonds. The normalized spacial score (nSPS) is 18.1. The monoisotopic (exact) mass is 538 g/mol. The van der Waals surface area contributed by atoms with E-state index in [9.17, 15) is 19.5 Å². The highest BCUT2D eigenvalue weighted by molar-refractivity contribution is 6.08. The number of aromatic amines is 1. The Labute approximate surface area is 228 Å². The number of aliphatic imine (C=N–C) groups is 1. The van der Waals surface area contributed by atoms with Crippen LogP contribution in [-0.2, 0) is 0 Å². The molecule has 0 unspecified atom stereocenters. The lowest BCUT2D eigenvalue weighted by atomic mass is 10.1. The van der Waals surface area contributed by atoms with E-state index in [0.29, 0.717) is 56.5 Å². The maximum atomic E-state index is 13.1.